The number of carbonyl (C=O) groups excluding carboxylic acids is 1. The second-order valence-electron chi connectivity index (χ2n) is 6.52. The average molecular weight is 402 g/mol. The summed E-state index contributed by atoms with van der Waals surface area (Å²) in [7, 11) is 0. The molecule has 1 aliphatic rings. The molecule has 0 bridgehead atoms. The first-order chi connectivity index (χ1) is 14.1. The average Bonchev–Trinajstić information content (AvgIpc) is 3.10. The van der Waals surface area contributed by atoms with E-state index in [9.17, 15) is 9.59 Å². The predicted molar refractivity (Wildman–Crippen MR) is 112 cm³/mol. The van der Waals surface area contributed by atoms with Crippen LogP contribution >= 0.6 is 11.6 Å². The van der Waals surface area contributed by atoms with Gasteiger partial charge in [0.2, 0.25) is 5.90 Å². The number of rotatable bonds is 2. The molecule has 2 heterocycles. The van der Waals surface area contributed by atoms with Gasteiger partial charge in [0.1, 0.15) is 11.8 Å². The van der Waals surface area contributed by atoms with Gasteiger partial charge in [0, 0.05) is 10.6 Å². The molecule has 6 heteroatoms. The second-order valence-corrected chi connectivity index (χ2v) is 6.96. The monoisotopic (exact) mass is 401 g/mol. The van der Waals surface area contributed by atoms with Gasteiger partial charge in [-0.15, -0.1) is 0 Å². The van der Waals surface area contributed by atoms with Crippen LogP contribution in [0.15, 0.2) is 86.8 Å². The van der Waals surface area contributed by atoms with Crippen LogP contribution in [0.2, 0.25) is 5.02 Å². The molecule has 0 spiro atoms. The summed E-state index contributed by atoms with van der Waals surface area (Å²) in [6, 6.07) is 18.2. The summed E-state index contributed by atoms with van der Waals surface area (Å²) < 4.78 is 10.9. The zero-order valence-corrected chi connectivity index (χ0v) is 15.6. The molecule has 140 valence electrons. The van der Waals surface area contributed by atoms with E-state index < -0.39 is 5.97 Å². The van der Waals surface area contributed by atoms with E-state index in [1.807, 2.05) is 42.5 Å². The maximum atomic E-state index is 12.7. The molecule has 0 fully saturated rings. The van der Waals surface area contributed by atoms with Crippen molar-refractivity contribution in [1.82, 2.24) is 0 Å². The van der Waals surface area contributed by atoms with Crippen LogP contribution in [-0.4, -0.2) is 11.9 Å². The number of esters is 1. The zero-order valence-electron chi connectivity index (χ0n) is 14.9. The van der Waals surface area contributed by atoms with E-state index in [0.717, 1.165) is 10.8 Å². The number of halogens is 1. The fourth-order valence-electron chi connectivity index (χ4n) is 3.30. The quantitative estimate of drug-likeness (QED) is 0.352. The van der Waals surface area contributed by atoms with E-state index in [4.69, 9.17) is 20.8 Å². The summed E-state index contributed by atoms with van der Waals surface area (Å²) in [6.45, 7) is 0. The van der Waals surface area contributed by atoms with E-state index in [1.165, 1.54) is 18.4 Å². The minimum absolute atomic E-state index is 0.0293. The van der Waals surface area contributed by atoms with Crippen LogP contribution in [0.1, 0.15) is 11.1 Å². The standard InChI is InChI=1S/C23H12ClNO4/c24-15-8-9-20-18(11-15)21(26)14(12-28-20)10-19-23(27)29-22(25-19)17-7-3-5-13-4-1-2-6-16(13)17/h1-12H/b19-10-. The summed E-state index contributed by atoms with van der Waals surface area (Å²) >= 11 is 5.98. The largest absolute Gasteiger partial charge is 0.463 e. The van der Waals surface area contributed by atoms with Crippen LogP contribution in [0.3, 0.4) is 0 Å². The Balaban J connectivity index is 1.62. The highest BCUT2D eigenvalue weighted by Crippen LogP contribution is 2.25. The Hall–Kier alpha value is -3.70. The van der Waals surface area contributed by atoms with Crippen molar-refractivity contribution < 1.29 is 13.9 Å². The van der Waals surface area contributed by atoms with Crippen LogP contribution in [0.25, 0.3) is 27.8 Å². The summed E-state index contributed by atoms with van der Waals surface area (Å²) in [4.78, 5) is 29.4. The van der Waals surface area contributed by atoms with E-state index in [1.54, 1.807) is 12.1 Å². The number of benzene rings is 3. The van der Waals surface area contributed by atoms with Crippen molar-refractivity contribution in [3.05, 3.63) is 99.0 Å². The van der Waals surface area contributed by atoms with Crippen molar-refractivity contribution in [2.75, 3.05) is 0 Å². The molecular formula is C23H12ClNO4. The maximum absolute atomic E-state index is 12.7. The van der Waals surface area contributed by atoms with Crippen LogP contribution in [-0.2, 0) is 9.53 Å². The molecule has 0 saturated heterocycles. The Morgan fingerprint density at radius 1 is 0.931 bits per heavy atom. The lowest BCUT2D eigenvalue weighted by Crippen LogP contribution is -2.07. The predicted octanol–water partition coefficient (Wildman–Crippen LogP) is 4.94. The highest BCUT2D eigenvalue weighted by Gasteiger charge is 2.25. The first-order valence-electron chi connectivity index (χ1n) is 8.82. The Labute approximate surface area is 169 Å². The molecule has 0 N–H and O–H groups in total. The van der Waals surface area contributed by atoms with Gasteiger partial charge < -0.3 is 9.15 Å². The van der Waals surface area contributed by atoms with E-state index in [-0.39, 0.29) is 22.6 Å². The van der Waals surface area contributed by atoms with Crippen LogP contribution in [0.5, 0.6) is 0 Å². The Bertz CT molecular complexity index is 1430. The maximum Gasteiger partial charge on any atom is 0.363 e. The van der Waals surface area contributed by atoms with Crippen molar-refractivity contribution in [2.45, 2.75) is 0 Å². The van der Waals surface area contributed by atoms with E-state index in [0.29, 0.717) is 21.6 Å². The third kappa shape index (κ3) is 3.02. The highest BCUT2D eigenvalue weighted by molar-refractivity contribution is 6.31. The number of ether oxygens (including phenoxy) is 1. The SMILES string of the molecule is O=C1OC(c2cccc3ccccc23)=N/C1=C\c1coc2ccc(Cl)cc2c1=O. The highest BCUT2D eigenvalue weighted by atomic mass is 35.5. The number of hydrogen-bond acceptors (Lipinski definition) is 5. The lowest BCUT2D eigenvalue weighted by molar-refractivity contribution is -0.129. The smallest absolute Gasteiger partial charge is 0.363 e. The topological polar surface area (TPSA) is 68.9 Å². The minimum atomic E-state index is -0.626. The lowest BCUT2D eigenvalue weighted by Gasteiger charge is -2.04. The Morgan fingerprint density at radius 2 is 1.76 bits per heavy atom. The van der Waals surface area contributed by atoms with Crippen molar-refractivity contribution in [2.24, 2.45) is 4.99 Å². The summed E-state index contributed by atoms with van der Waals surface area (Å²) in [6.07, 6.45) is 2.66. The van der Waals surface area contributed by atoms with E-state index in [2.05, 4.69) is 4.99 Å². The zero-order chi connectivity index (χ0) is 20.0. The molecule has 1 aromatic heterocycles. The Kier molecular flexibility index (Phi) is 4.03. The van der Waals surface area contributed by atoms with Gasteiger partial charge in [-0.05, 0) is 41.1 Å². The molecule has 29 heavy (non-hydrogen) atoms. The van der Waals surface area contributed by atoms with E-state index >= 15 is 0 Å². The molecule has 5 rings (SSSR count). The molecule has 0 radical (unpaired) electrons. The number of cyclic esters (lactones) is 1. The first kappa shape index (κ1) is 17.4. The molecule has 0 amide bonds. The Morgan fingerprint density at radius 3 is 2.66 bits per heavy atom. The molecular weight excluding hydrogens is 390 g/mol. The summed E-state index contributed by atoms with van der Waals surface area (Å²) in [5.74, 6) is -0.426. The minimum Gasteiger partial charge on any atom is -0.463 e. The number of hydrogen-bond donors (Lipinski definition) is 0. The third-order valence-electron chi connectivity index (χ3n) is 4.69. The van der Waals surface area contributed by atoms with Crippen molar-refractivity contribution in [3.63, 3.8) is 0 Å². The van der Waals surface area contributed by atoms with Crippen LogP contribution < -0.4 is 5.43 Å². The van der Waals surface area contributed by atoms with Crippen molar-refractivity contribution >= 4 is 51.3 Å². The third-order valence-corrected chi connectivity index (χ3v) is 4.93. The molecule has 3 aromatic carbocycles. The van der Waals surface area contributed by atoms with Crippen LogP contribution in [0.4, 0.5) is 0 Å². The fourth-order valence-corrected chi connectivity index (χ4v) is 3.47. The number of nitrogens with zero attached hydrogens (tertiary/aromatic N) is 1. The molecule has 0 unspecified atom stereocenters. The van der Waals surface area contributed by atoms with Gasteiger partial charge >= 0.3 is 5.97 Å². The van der Waals surface area contributed by atoms with Gasteiger partial charge in [-0.2, -0.15) is 0 Å². The van der Waals surface area contributed by atoms with Crippen LogP contribution in [0, 0.1) is 0 Å². The normalized spacial score (nSPS) is 15.1. The van der Waals surface area contributed by atoms with Crippen molar-refractivity contribution in [3.8, 4) is 0 Å². The van der Waals surface area contributed by atoms with Gasteiger partial charge in [0.05, 0.1) is 10.9 Å². The lowest BCUT2D eigenvalue weighted by atomic mass is 10.0. The molecule has 5 nitrogen and oxygen atoms in total. The van der Waals surface area contributed by atoms with Gasteiger partial charge in [-0.3, -0.25) is 4.79 Å². The molecule has 1 aliphatic heterocycles. The molecule has 0 atom stereocenters. The molecule has 0 saturated carbocycles. The number of aliphatic imine (C=N–C) groups is 1. The number of fused-ring (bicyclic) bond motifs is 2. The summed E-state index contributed by atoms with van der Waals surface area (Å²) in [5, 5.41) is 2.68. The van der Waals surface area contributed by atoms with Gasteiger partial charge in [0.25, 0.3) is 0 Å². The second kappa shape index (κ2) is 6.72. The fraction of sp³-hybridized carbons (Fsp3) is 0. The molecule has 0 aliphatic carbocycles. The molecule has 4 aromatic rings. The van der Waals surface area contributed by atoms with Crippen molar-refractivity contribution in [1.29, 1.82) is 0 Å². The van der Waals surface area contributed by atoms with Gasteiger partial charge in [0.15, 0.2) is 11.1 Å². The summed E-state index contributed by atoms with van der Waals surface area (Å²) in [5.41, 5.74) is 1.03. The van der Waals surface area contributed by atoms with Gasteiger partial charge in [-0.25, -0.2) is 9.79 Å². The number of carbonyl (C=O) groups is 1. The first-order valence-corrected chi connectivity index (χ1v) is 9.20. The van der Waals surface area contributed by atoms with Gasteiger partial charge in [-0.1, -0.05) is 48.0 Å².